The number of nitrogens with one attached hydrogen (secondary N) is 1. The fraction of sp³-hybridized carbons (Fsp3) is 0.118. The molecule has 0 aliphatic carbocycles. The van der Waals surface area contributed by atoms with Crippen LogP contribution in [-0.2, 0) is 9.53 Å². The standard InChI is InChI=1S/C17H13ClN2O7/c1-26-12-5-2-10(3-6-12)16(22)19-15(21)9-27-17(23)11-4-7-13(18)14(8-11)20(24)25/h2-8H,9H2,1H3,(H,19,21,22). The summed E-state index contributed by atoms with van der Waals surface area (Å²) in [5.74, 6) is -1.96. The quantitative estimate of drug-likeness (QED) is 0.454. The highest BCUT2D eigenvalue weighted by atomic mass is 35.5. The number of nitro groups is 1. The second-order valence-electron chi connectivity index (χ2n) is 5.11. The molecule has 0 atom stereocenters. The predicted octanol–water partition coefficient (Wildman–Crippen LogP) is 2.37. The van der Waals surface area contributed by atoms with Crippen molar-refractivity contribution in [3.8, 4) is 5.75 Å². The molecule has 140 valence electrons. The van der Waals surface area contributed by atoms with Crippen LogP contribution in [0.3, 0.4) is 0 Å². The summed E-state index contributed by atoms with van der Waals surface area (Å²) in [4.78, 5) is 45.6. The van der Waals surface area contributed by atoms with Crippen molar-refractivity contribution in [1.29, 1.82) is 0 Å². The van der Waals surface area contributed by atoms with Gasteiger partial charge in [-0.2, -0.15) is 0 Å². The fourth-order valence-electron chi connectivity index (χ4n) is 1.97. The lowest BCUT2D eigenvalue weighted by Crippen LogP contribution is -2.34. The third-order valence-corrected chi connectivity index (χ3v) is 3.64. The third-order valence-electron chi connectivity index (χ3n) is 3.32. The lowest BCUT2D eigenvalue weighted by Gasteiger charge is -2.07. The summed E-state index contributed by atoms with van der Waals surface area (Å²) in [6, 6.07) is 9.34. The molecule has 2 aromatic carbocycles. The number of methoxy groups -OCH3 is 1. The Hall–Kier alpha value is -3.46. The minimum atomic E-state index is -0.971. The number of halogens is 1. The van der Waals surface area contributed by atoms with Crippen LogP contribution >= 0.6 is 11.6 Å². The molecule has 9 nitrogen and oxygen atoms in total. The van der Waals surface area contributed by atoms with Crippen LogP contribution in [0.4, 0.5) is 5.69 Å². The number of carbonyl (C=O) groups is 3. The van der Waals surface area contributed by atoms with Gasteiger partial charge in [-0.05, 0) is 36.4 Å². The van der Waals surface area contributed by atoms with Crippen LogP contribution in [0.1, 0.15) is 20.7 Å². The first-order valence-electron chi connectivity index (χ1n) is 7.41. The van der Waals surface area contributed by atoms with E-state index in [0.29, 0.717) is 5.75 Å². The zero-order valence-electron chi connectivity index (χ0n) is 13.9. The van der Waals surface area contributed by atoms with Gasteiger partial charge in [-0.1, -0.05) is 11.6 Å². The van der Waals surface area contributed by atoms with Gasteiger partial charge < -0.3 is 9.47 Å². The van der Waals surface area contributed by atoms with Crippen LogP contribution in [-0.4, -0.2) is 36.4 Å². The van der Waals surface area contributed by atoms with Crippen molar-refractivity contribution in [3.63, 3.8) is 0 Å². The molecule has 0 fully saturated rings. The predicted molar refractivity (Wildman–Crippen MR) is 93.9 cm³/mol. The smallest absolute Gasteiger partial charge is 0.338 e. The molecule has 1 N–H and O–H groups in total. The Labute approximate surface area is 158 Å². The van der Waals surface area contributed by atoms with Crippen molar-refractivity contribution in [2.45, 2.75) is 0 Å². The molecule has 0 aromatic heterocycles. The van der Waals surface area contributed by atoms with E-state index in [4.69, 9.17) is 21.1 Å². The maximum atomic E-state index is 11.9. The summed E-state index contributed by atoms with van der Waals surface area (Å²) in [5, 5.41) is 12.7. The van der Waals surface area contributed by atoms with Crippen molar-refractivity contribution >= 4 is 35.1 Å². The van der Waals surface area contributed by atoms with Gasteiger partial charge in [-0.25, -0.2) is 4.79 Å². The third kappa shape index (κ3) is 5.25. The molecule has 27 heavy (non-hydrogen) atoms. The first kappa shape index (κ1) is 19.9. The van der Waals surface area contributed by atoms with E-state index in [1.807, 2.05) is 0 Å². The topological polar surface area (TPSA) is 125 Å². The number of nitrogens with zero attached hydrogens (tertiary/aromatic N) is 1. The highest BCUT2D eigenvalue weighted by Crippen LogP contribution is 2.25. The highest BCUT2D eigenvalue weighted by molar-refractivity contribution is 6.32. The number of amides is 2. The van der Waals surface area contributed by atoms with E-state index in [9.17, 15) is 24.5 Å². The largest absolute Gasteiger partial charge is 0.497 e. The molecule has 2 aromatic rings. The molecule has 0 spiro atoms. The molecule has 0 heterocycles. The van der Waals surface area contributed by atoms with Crippen molar-refractivity contribution in [2.24, 2.45) is 0 Å². The second kappa shape index (κ2) is 8.77. The minimum Gasteiger partial charge on any atom is -0.497 e. The normalized spacial score (nSPS) is 10.0. The Balaban J connectivity index is 1.92. The number of nitro benzene ring substituents is 1. The van der Waals surface area contributed by atoms with E-state index >= 15 is 0 Å². The van der Waals surface area contributed by atoms with Gasteiger partial charge in [-0.15, -0.1) is 0 Å². The van der Waals surface area contributed by atoms with E-state index in [1.54, 1.807) is 12.1 Å². The molecule has 0 saturated carbocycles. The molecule has 0 radical (unpaired) electrons. The van der Waals surface area contributed by atoms with Crippen LogP contribution in [0.2, 0.25) is 5.02 Å². The average molecular weight is 393 g/mol. The molecular weight excluding hydrogens is 380 g/mol. The summed E-state index contributed by atoms with van der Waals surface area (Å²) in [7, 11) is 1.47. The van der Waals surface area contributed by atoms with E-state index in [0.717, 1.165) is 6.07 Å². The molecule has 10 heteroatoms. The van der Waals surface area contributed by atoms with Gasteiger partial charge in [0.1, 0.15) is 10.8 Å². The van der Waals surface area contributed by atoms with Gasteiger partial charge >= 0.3 is 5.97 Å². The first-order valence-corrected chi connectivity index (χ1v) is 7.79. The first-order chi connectivity index (χ1) is 12.8. The maximum Gasteiger partial charge on any atom is 0.338 e. The molecule has 0 aliphatic rings. The molecular formula is C17H13ClN2O7. The van der Waals surface area contributed by atoms with E-state index in [2.05, 4.69) is 5.32 Å². The average Bonchev–Trinajstić information content (AvgIpc) is 2.66. The number of hydrogen-bond acceptors (Lipinski definition) is 7. The minimum absolute atomic E-state index is 0.139. The molecule has 2 rings (SSSR count). The Morgan fingerprint density at radius 3 is 2.33 bits per heavy atom. The molecule has 2 amide bonds. The van der Waals surface area contributed by atoms with Gasteiger partial charge in [0.2, 0.25) is 0 Å². The number of imide groups is 1. The number of esters is 1. The Morgan fingerprint density at radius 2 is 1.74 bits per heavy atom. The van der Waals surface area contributed by atoms with Crippen molar-refractivity contribution in [3.05, 3.63) is 68.7 Å². The summed E-state index contributed by atoms with van der Waals surface area (Å²) in [6.07, 6.45) is 0. The summed E-state index contributed by atoms with van der Waals surface area (Å²) >= 11 is 5.65. The Kier molecular flexibility index (Phi) is 6.45. The van der Waals surface area contributed by atoms with Crippen molar-refractivity contribution in [2.75, 3.05) is 13.7 Å². The molecule has 0 saturated heterocycles. The zero-order chi connectivity index (χ0) is 20.0. The van der Waals surface area contributed by atoms with Crippen molar-refractivity contribution in [1.82, 2.24) is 5.32 Å². The molecule has 0 unspecified atom stereocenters. The summed E-state index contributed by atoms with van der Waals surface area (Å²) < 4.78 is 9.71. The summed E-state index contributed by atoms with van der Waals surface area (Å²) in [5.41, 5.74) is -0.408. The van der Waals surface area contributed by atoms with E-state index < -0.39 is 35.0 Å². The second-order valence-corrected chi connectivity index (χ2v) is 5.51. The number of benzene rings is 2. The highest BCUT2D eigenvalue weighted by Gasteiger charge is 2.18. The number of rotatable bonds is 6. The van der Waals surface area contributed by atoms with Crippen LogP contribution in [0, 0.1) is 10.1 Å². The SMILES string of the molecule is COc1ccc(C(=O)NC(=O)COC(=O)c2ccc(Cl)c([N+](=O)[O-])c2)cc1. The van der Waals surface area contributed by atoms with E-state index in [-0.39, 0.29) is 16.1 Å². The lowest BCUT2D eigenvalue weighted by atomic mass is 10.2. The number of carbonyl (C=O) groups excluding carboxylic acids is 3. The zero-order valence-corrected chi connectivity index (χ0v) is 14.7. The lowest BCUT2D eigenvalue weighted by molar-refractivity contribution is -0.384. The summed E-state index contributed by atoms with van der Waals surface area (Å²) in [6.45, 7) is -0.739. The number of ether oxygens (including phenoxy) is 2. The monoisotopic (exact) mass is 392 g/mol. The van der Waals surface area contributed by atoms with Crippen LogP contribution < -0.4 is 10.1 Å². The maximum absolute atomic E-state index is 11.9. The van der Waals surface area contributed by atoms with Crippen LogP contribution in [0.25, 0.3) is 0 Å². The van der Waals surface area contributed by atoms with Crippen LogP contribution in [0.15, 0.2) is 42.5 Å². The van der Waals surface area contributed by atoms with Gasteiger partial charge in [0.15, 0.2) is 6.61 Å². The molecule has 0 aliphatic heterocycles. The van der Waals surface area contributed by atoms with Gasteiger partial charge in [0.25, 0.3) is 17.5 Å². The van der Waals surface area contributed by atoms with Gasteiger partial charge in [0.05, 0.1) is 17.6 Å². The molecule has 0 bridgehead atoms. The fourth-order valence-corrected chi connectivity index (χ4v) is 2.16. The Morgan fingerprint density at radius 1 is 1.11 bits per heavy atom. The van der Waals surface area contributed by atoms with Gasteiger partial charge in [0, 0.05) is 11.6 Å². The van der Waals surface area contributed by atoms with Crippen LogP contribution in [0.5, 0.6) is 5.75 Å². The van der Waals surface area contributed by atoms with Crippen molar-refractivity contribution < 1.29 is 28.8 Å². The van der Waals surface area contributed by atoms with Gasteiger partial charge in [-0.3, -0.25) is 25.0 Å². The van der Waals surface area contributed by atoms with E-state index in [1.165, 1.54) is 31.4 Å². The Bertz CT molecular complexity index is 897. The number of hydrogen-bond donors (Lipinski definition) is 1.